The normalized spacial score (nSPS) is 13.4. The van der Waals surface area contributed by atoms with Gasteiger partial charge in [0.15, 0.2) is 6.61 Å². The number of carbonyl (C=O) groups excluding carboxylic acids is 2. The Morgan fingerprint density at radius 2 is 1.96 bits per heavy atom. The maximum Gasteiger partial charge on any atom is 0.348 e. The average molecular weight is 373 g/mol. The van der Waals surface area contributed by atoms with Crippen LogP contribution in [0.5, 0.6) is 5.75 Å². The van der Waals surface area contributed by atoms with Gasteiger partial charge in [0.25, 0.3) is 5.91 Å². The second kappa shape index (κ2) is 8.85. The monoisotopic (exact) mass is 373 g/mol. The fourth-order valence-corrected chi connectivity index (χ4v) is 4.16. The molecule has 138 valence electrons. The Kier molecular flexibility index (Phi) is 6.28. The fraction of sp³-hybridized carbons (Fsp3) is 0.400. The molecular formula is C20H23NO4S. The summed E-state index contributed by atoms with van der Waals surface area (Å²) in [5.74, 6) is -0.225. The number of fused-ring (bicyclic) bond motifs is 1. The van der Waals surface area contributed by atoms with Crippen LogP contribution < -0.4 is 10.1 Å². The van der Waals surface area contributed by atoms with Gasteiger partial charge in [-0.05, 0) is 56.4 Å². The van der Waals surface area contributed by atoms with E-state index in [0.29, 0.717) is 22.9 Å². The first kappa shape index (κ1) is 18.5. The van der Waals surface area contributed by atoms with Crippen molar-refractivity contribution >= 4 is 28.9 Å². The highest BCUT2D eigenvalue weighted by molar-refractivity contribution is 7.14. The number of esters is 1. The van der Waals surface area contributed by atoms with Crippen LogP contribution in [0.3, 0.4) is 0 Å². The minimum Gasteiger partial charge on any atom is -0.492 e. The molecule has 1 N–H and O–H groups in total. The molecule has 1 heterocycles. The predicted octanol–water partition coefficient (Wildman–Crippen LogP) is 4.21. The molecule has 0 radical (unpaired) electrons. The van der Waals surface area contributed by atoms with Crippen molar-refractivity contribution in [3.63, 3.8) is 0 Å². The largest absolute Gasteiger partial charge is 0.492 e. The number of hydrogen-bond acceptors (Lipinski definition) is 5. The molecule has 0 fully saturated rings. The molecule has 0 atom stereocenters. The van der Waals surface area contributed by atoms with Crippen LogP contribution in [0.25, 0.3) is 0 Å². The van der Waals surface area contributed by atoms with Crippen molar-refractivity contribution in [3.05, 3.63) is 45.6 Å². The van der Waals surface area contributed by atoms with Crippen molar-refractivity contribution < 1.29 is 19.1 Å². The first-order valence-electron chi connectivity index (χ1n) is 8.97. The van der Waals surface area contributed by atoms with Gasteiger partial charge in [-0.25, -0.2) is 4.79 Å². The SMILES string of the molecule is CCOc1ccccc1NC(=O)COC(=O)c1cc2c(s1)CCCCC2. The van der Waals surface area contributed by atoms with E-state index < -0.39 is 5.97 Å². The standard InChI is InChI=1S/C20H23NO4S/c1-2-24-16-10-7-6-9-15(16)21-19(22)13-25-20(23)18-12-14-8-4-3-5-11-17(14)26-18/h6-7,9-10,12H,2-5,8,11,13H2,1H3,(H,21,22). The van der Waals surface area contributed by atoms with Crippen LogP contribution in [0.15, 0.2) is 30.3 Å². The lowest BCUT2D eigenvalue weighted by Gasteiger charge is -2.11. The van der Waals surface area contributed by atoms with Crippen molar-refractivity contribution in [1.29, 1.82) is 0 Å². The average Bonchev–Trinajstić information content (AvgIpc) is 2.92. The molecule has 0 aliphatic heterocycles. The first-order chi connectivity index (χ1) is 12.7. The second-order valence-electron chi connectivity index (χ2n) is 6.17. The quantitative estimate of drug-likeness (QED) is 0.608. The Morgan fingerprint density at radius 3 is 2.81 bits per heavy atom. The number of hydrogen-bond donors (Lipinski definition) is 1. The Balaban J connectivity index is 1.55. The van der Waals surface area contributed by atoms with Gasteiger partial charge in [-0.3, -0.25) is 4.79 Å². The zero-order valence-corrected chi connectivity index (χ0v) is 15.7. The maximum absolute atomic E-state index is 12.3. The zero-order chi connectivity index (χ0) is 18.4. The zero-order valence-electron chi connectivity index (χ0n) is 14.9. The van der Waals surface area contributed by atoms with Gasteiger partial charge in [-0.15, -0.1) is 11.3 Å². The van der Waals surface area contributed by atoms with E-state index in [4.69, 9.17) is 9.47 Å². The number of para-hydroxylation sites is 2. The molecule has 2 aromatic rings. The molecule has 26 heavy (non-hydrogen) atoms. The molecule has 5 nitrogen and oxygen atoms in total. The lowest BCUT2D eigenvalue weighted by atomic mass is 10.1. The summed E-state index contributed by atoms with van der Waals surface area (Å²) in [5, 5.41) is 2.72. The second-order valence-corrected chi connectivity index (χ2v) is 7.31. The predicted molar refractivity (Wildman–Crippen MR) is 102 cm³/mol. The number of benzene rings is 1. The third kappa shape index (κ3) is 4.64. The van der Waals surface area contributed by atoms with Crippen LogP contribution in [-0.4, -0.2) is 25.1 Å². The third-order valence-electron chi connectivity index (χ3n) is 4.24. The molecule has 0 saturated carbocycles. The highest BCUT2D eigenvalue weighted by Crippen LogP contribution is 2.29. The number of aryl methyl sites for hydroxylation is 2. The van der Waals surface area contributed by atoms with E-state index in [2.05, 4.69) is 5.32 Å². The number of rotatable bonds is 6. The lowest BCUT2D eigenvalue weighted by Crippen LogP contribution is -2.21. The number of carbonyl (C=O) groups is 2. The van der Waals surface area contributed by atoms with Gasteiger partial charge < -0.3 is 14.8 Å². The molecule has 1 amide bonds. The molecule has 1 aliphatic carbocycles. The number of ether oxygens (including phenoxy) is 2. The van der Waals surface area contributed by atoms with E-state index in [9.17, 15) is 9.59 Å². The summed E-state index contributed by atoms with van der Waals surface area (Å²) >= 11 is 1.50. The third-order valence-corrected chi connectivity index (χ3v) is 5.46. The molecule has 1 aliphatic rings. The fourth-order valence-electron chi connectivity index (χ4n) is 3.01. The van der Waals surface area contributed by atoms with Crippen LogP contribution in [0.4, 0.5) is 5.69 Å². The molecule has 6 heteroatoms. The number of anilines is 1. The van der Waals surface area contributed by atoms with Gasteiger partial charge in [0.1, 0.15) is 10.6 Å². The van der Waals surface area contributed by atoms with Crippen LogP contribution in [0.1, 0.15) is 46.3 Å². The van der Waals surface area contributed by atoms with Gasteiger partial charge in [-0.2, -0.15) is 0 Å². The molecule has 1 aromatic heterocycles. The minimum atomic E-state index is -0.434. The van der Waals surface area contributed by atoms with Gasteiger partial charge >= 0.3 is 5.97 Å². The van der Waals surface area contributed by atoms with Gasteiger partial charge in [0.2, 0.25) is 0 Å². The summed E-state index contributed by atoms with van der Waals surface area (Å²) in [5.41, 5.74) is 1.83. The van der Waals surface area contributed by atoms with E-state index in [1.165, 1.54) is 41.0 Å². The highest BCUT2D eigenvalue weighted by Gasteiger charge is 2.18. The smallest absolute Gasteiger partial charge is 0.348 e. The number of thiophene rings is 1. The Bertz CT molecular complexity index is 760. The molecule has 0 unspecified atom stereocenters. The van der Waals surface area contributed by atoms with Crippen molar-refractivity contribution in [1.82, 2.24) is 0 Å². The summed E-state index contributed by atoms with van der Waals surface area (Å²) in [4.78, 5) is 26.2. The maximum atomic E-state index is 12.3. The molecule has 0 bridgehead atoms. The van der Waals surface area contributed by atoms with E-state index >= 15 is 0 Å². The van der Waals surface area contributed by atoms with Crippen LogP contribution in [-0.2, 0) is 22.4 Å². The van der Waals surface area contributed by atoms with Gasteiger partial charge in [0, 0.05) is 4.88 Å². The number of nitrogens with one attached hydrogen (secondary N) is 1. The van der Waals surface area contributed by atoms with Crippen molar-refractivity contribution in [2.24, 2.45) is 0 Å². The van der Waals surface area contributed by atoms with Crippen LogP contribution >= 0.6 is 11.3 Å². The summed E-state index contributed by atoms with van der Waals surface area (Å²) in [6, 6.07) is 9.10. The van der Waals surface area contributed by atoms with Gasteiger partial charge in [-0.1, -0.05) is 18.6 Å². The van der Waals surface area contributed by atoms with E-state index in [-0.39, 0.29) is 12.5 Å². The summed E-state index contributed by atoms with van der Waals surface area (Å²) < 4.78 is 10.7. The Labute approximate surface area is 157 Å². The Morgan fingerprint density at radius 1 is 1.15 bits per heavy atom. The van der Waals surface area contributed by atoms with Crippen LogP contribution in [0, 0.1) is 0 Å². The molecular weight excluding hydrogens is 350 g/mol. The Hall–Kier alpha value is -2.34. The molecule has 3 rings (SSSR count). The van der Waals surface area contributed by atoms with Crippen molar-refractivity contribution in [2.45, 2.75) is 39.0 Å². The van der Waals surface area contributed by atoms with E-state index in [1.807, 2.05) is 25.1 Å². The summed E-state index contributed by atoms with van der Waals surface area (Å²) in [6.45, 7) is 2.07. The van der Waals surface area contributed by atoms with Crippen molar-refractivity contribution in [3.8, 4) is 5.75 Å². The minimum absolute atomic E-state index is 0.318. The van der Waals surface area contributed by atoms with Crippen LogP contribution in [0.2, 0.25) is 0 Å². The number of amides is 1. The van der Waals surface area contributed by atoms with Gasteiger partial charge in [0.05, 0.1) is 12.3 Å². The molecule has 0 saturated heterocycles. The lowest BCUT2D eigenvalue weighted by molar-refractivity contribution is -0.119. The molecule has 0 spiro atoms. The highest BCUT2D eigenvalue weighted by atomic mass is 32.1. The summed E-state index contributed by atoms with van der Waals surface area (Å²) in [7, 11) is 0. The topological polar surface area (TPSA) is 64.6 Å². The summed E-state index contributed by atoms with van der Waals surface area (Å²) in [6.07, 6.45) is 5.63. The van der Waals surface area contributed by atoms with Crippen molar-refractivity contribution in [2.75, 3.05) is 18.5 Å². The molecule has 1 aromatic carbocycles. The first-order valence-corrected chi connectivity index (χ1v) is 9.79. The van der Waals surface area contributed by atoms with E-state index in [1.54, 1.807) is 12.1 Å². The van der Waals surface area contributed by atoms with E-state index in [0.717, 1.165) is 12.8 Å².